The Hall–Kier alpha value is -2.37. The molecule has 0 bridgehead atoms. The van der Waals surface area contributed by atoms with E-state index in [1.807, 2.05) is 0 Å². The maximum Gasteiger partial charge on any atom is 0.326 e. The quantitative estimate of drug-likeness (QED) is 0.857. The van der Waals surface area contributed by atoms with Gasteiger partial charge in [-0.15, -0.1) is 0 Å². The molecule has 0 spiro atoms. The molecular formula is C19H22FNO4. The molecule has 6 heteroatoms. The molecule has 1 aliphatic carbocycles. The van der Waals surface area contributed by atoms with Crippen LogP contribution in [0.3, 0.4) is 0 Å². The highest BCUT2D eigenvalue weighted by Crippen LogP contribution is 2.30. The zero-order valence-electron chi connectivity index (χ0n) is 14.0. The lowest BCUT2D eigenvalue weighted by Gasteiger charge is -2.30. The molecule has 2 aliphatic rings. The average Bonchev–Trinajstić information content (AvgIpc) is 2.93. The van der Waals surface area contributed by atoms with Crippen LogP contribution in [0, 0.1) is 11.7 Å². The number of halogens is 1. The van der Waals surface area contributed by atoms with Gasteiger partial charge in [0, 0.05) is 12.1 Å². The third-order valence-corrected chi connectivity index (χ3v) is 4.88. The van der Waals surface area contributed by atoms with Gasteiger partial charge in [-0.3, -0.25) is 4.79 Å². The summed E-state index contributed by atoms with van der Waals surface area (Å²) in [5, 5.41) is 9.59. The smallest absolute Gasteiger partial charge is 0.326 e. The SMILES string of the molecule is O=C(O)[C@H](CC1CCCCC1)N1CC(Oc2cccc(F)c2)=CC1=O. The van der Waals surface area contributed by atoms with Crippen molar-refractivity contribution in [2.75, 3.05) is 6.54 Å². The lowest BCUT2D eigenvalue weighted by Crippen LogP contribution is -2.44. The average molecular weight is 347 g/mol. The molecule has 25 heavy (non-hydrogen) atoms. The van der Waals surface area contributed by atoms with Gasteiger partial charge in [0.1, 0.15) is 23.4 Å². The third kappa shape index (κ3) is 4.38. The van der Waals surface area contributed by atoms with E-state index in [0.29, 0.717) is 23.8 Å². The zero-order chi connectivity index (χ0) is 17.8. The molecule has 0 unspecified atom stereocenters. The molecule has 1 heterocycles. The number of ether oxygens (including phenoxy) is 1. The maximum absolute atomic E-state index is 13.2. The van der Waals surface area contributed by atoms with Crippen molar-refractivity contribution in [1.29, 1.82) is 0 Å². The topological polar surface area (TPSA) is 66.8 Å². The first-order valence-corrected chi connectivity index (χ1v) is 8.70. The Bertz CT molecular complexity index is 682. The van der Waals surface area contributed by atoms with Crippen LogP contribution < -0.4 is 4.74 Å². The van der Waals surface area contributed by atoms with Crippen LogP contribution >= 0.6 is 0 Å². The van der Waals surface area contributed by atoms with E-state index in [1.165, 1.54) is 35.6 Å². The molecule has 134 valence electrons. The Labute approximate surface area is 146 Å². The molecule has 5 nitrogen and oxygen atoms in total. The first-order chi connectivity index (χ1) is 12.0. The molecule has 0 saturated heterocycles. The number of carboxylic acid groups (broad SMARTS) is 1. The highest BCUT2D eigenvalue weighted by atomic mass is 19.1. The van der Waals surface area contributed by atoms with Gasteiger partial charge in [0.05, 0.1) is 6.54 Å². The van der Waals surface area contributed by atoms with E-state index < -0.39 is 17.8 Å². The summed E-state index contributed by atoms with van der Waals surface area (Å²) >= 11 is 0. The summed E-state index contributed by atoms with van der Waals surface area (Å²) in [4.78, 5) is 25.3. The van der Waals surface area contributed by atoms with Gasteiger partial charge in [-0.1, -0.05) is 38.2 Å². The molecule has 0 aromatic heterocycles. The number of carbonyl (C=O) groups excluding carboxylic acids is 1. The normalized spacial score (nSPS) is 19.6. The van der Waals surface area contributed by atoms with E-state index in [9.17, 15) is 19.1 Å². The Morgan fingerprint density at radius 1 is 1.32 bits per heavy atom. The van der Waals surface area contributed by atoms with Crippen molar-refractivity contribution >= 4 is 11.9 Å². The number of amides is 1. The summed E-state index contributed by atoms with van der Waals surface area (Å²) in [7, 11) is 0. The zero-order valence-corrected chi connectivity index (χ0v) is 14.0. The largest absolute Gasteiger partial charge is 0.480 e. The van der Waals surface area contributed by atoms with Crippen molar-refractivity contribution in [3.05, 3.63) is 41.9 Å². The Morgan fingerprint density at radius 3 is 2.76 bits per heavy atom. The van der Waals surface area contributed by atoms with E-state index in [-0.39, 0.29) is 12.5 Å². The van der Waals surface area contributed by atoms with Gasteiger partial charge in [-0.2, -0.15) is 0 Å². The number of nitrogens with zero attached hydrogens (tertiary/aromatic N) is 1. The van der Waals surface area contributed by atoms with Crippen LogP contribution in [-0.2, 0) is 9.59 Å². The molecular weight excluding hydrogens is 325 g/mol. The van der Waals surface area contributed by atoms with Crippen molar-refractivity contribution in [2.24, 2.45) is 5.92 Å². The predicted octanol–water partition coefficient (Wildman–Crippen LogP) is 3.35. The van der Waals surface area contributed by atoms with Crippen molar-refractivity contribution < 1.29 is 23.8 Å². The number of rotatable bonds is 6. The number of aliphatic carboxylic acids is 1. The predicted molar refractivity (Wildman–Crippen MR) is 89.4 cm³/mol. The highest BCUT2D eigenvalue weighted by molar-refractivity contribution is 5.94. The van der Waals surface area contributed by atoms with Gasteiger partial charge in [0.15, 0.2) is 0 Å². The summed E-state index contributed by atoms with van der Waals surface area (Å²) in [6.45, 7) is 0.0963. The van der Waals surface area contributed by atoms with Gasteiger partial charge < -0.3 is 14.7 Å². The van der Waals surface area contributed by atoms with E-state index >= 15 is 0 Å². The number of carboxylic acids is 1. The number of carbonyl (C=O) groups is 2. The minimum atomic E-state index is -0.987. The lowest BCUT2D eigenvalue weighted by molar-refractivity contribution is -0.148. The molecule has 1 aromatic carbocycles. The first-order valence-electron chi connectivity index (χ1n) is 8.70. The monoisotopic (exact) mass is 347 g/mol. The van der Waals surface area contributed by atoms with E-state index in [4.69, 9.17) is 4.74 Å². The fourth-order valence-corrected chi connectivity index (χ4v) is 3.62. The van der Waals surface area contributed by atoms with Crippen LogP contribution in [0.2, 0.25) is 0 Å². The lowest BCUT2D eigenvalue weighted by atomic mass is 9.84. The van der Waals surface area contributed by atoms with Gasteiger partial charge >= 0.3 is 5.97 Å². The number of benzene rings is 1. The van der Waals surface area contributed by atoms with Gasteiger partial charge in [-0.25, -0.2) is 9.18 Å². The standard InChI is InChI=1S/C19H22FNO4/c20-14-7-4-8-15(10-14)25-16-11-18(22)21(12-16)17(19(23)24)9-13-5-2-1-3-6-13/h4,7-8,10-11,13,17H,1-3,5-6,9,12H2,(H,23,24)/t17-/m0/s1. The summed E-state index contributed by atoms with van der Waals surface area (Å²) in [5.41, 5.74) is 0. The molecule has 1 aliphatic heterocycles. The van der Waals surface area contributed by atoms with Crippen LogP contribution in [0.25, 0.3) is 0 Å². The van der Waals surface area contributed by atoms with Crippen LogP contribution in [0.15, 0.2) is 36.1 Å². The second kappa shape index (κ2) is 7.68. The van der Waals surface area contributed by atoms with Crippen molar-refractivity contribution in [2.45, 2.75) is 44.6 Å². The highest BCUT2D eigenvalue weighted by Gasteiger charge is 2.36. The Kier molecular flexibility index (Phi) is 5.36. The van der Waals surface area contributed by atoms with E-state index in [2.05, 4.69) is 0 Å². The molecule has 1 aromatic rings. The second-order valence-corrected chi connectivity index (χ2v) is 6.73. The van der Waals surface area contributed by atoms with Gasteiger partial charge in [0.2, 0.25) is 0 Å². The molecule has 1 amide bonds. The first kappa shape index (κ1) is 17.5. The minimum absolute atomic E-state index is 0.0963. The Morgan fingerprint density at radius 2 is 2.08 bits per heavy atom. The summed E-state index contributed by atoms with van der Waals surface area (Å²) in [5.74, 6) is -0.810. The number of hydrogen-bond donors (Lipinski definition) is 1. The number of hydrogen-bond acceptors (Lipinski definition) is 3. The van der Waals surface area contributed by atoms with Crippen molar-refractivity contribution in [1.82, 2.24) is 4.90 Å². The second-order valence-electron chi connectivity index (χ2n) is 6.73. The van der Waals surface area contributed by atoms with Gasteiger partial charge in [-0.05, 0) is 24.5 Å². The van der Waals surface area contributed by atoms with Gasteiger partial charge in [0.25, 0.3) is 5.91 Å². The third-order valence-electron chi connectivity index (χ3n) is 4.88. The molecule has 1 N–H and O–H groups in total. The van der Waals surface area contributed by atoms with Crippen molar-refractivity contribution in [3.8, 4) is 5.75 Å². The van der Waals surface area contributed by atoms with Crippen LogP contribution in [0.1, 0.15) is 38.5 Å². The summed E-state index contributed by atoms with van der Waals surface area (Å²) in [6, 6.07) is 4.79. The van der Waals surface area contributed by atoms with Crippen LogP contribution in [0.5, 0.6) is 5.75 Å². The summed E-state index contributed by atoms with van der Waals surface area (Å²) in [6.07, 6.45) is 7.25. The molecule has 1 atom stereocenters. The maximum atomic E-state index is 13.2. The van der Waals surface area contributed by atoms with E-state index in [1.54, 1.807) is 6.07 Å². The van der Waals surface area contributed by atoms with E-state index in [0.717, 1.165) is 25.7 Å². The fourth-order valence-electron chi connectivity index (χ4n) is 3.62. The molecule has 1 fully saturated rings. The summed E-state index contributed by atoms with van der Waals surface area (Å²) < 4.78 is 18.8. The van der Waals surface area contributed by atoms with Crippen LogP contribution in [0.4, 0.5) is 4.39 Å². The molecule has 3 rings (SSSR count). The molecule has 1 saturated carbocycles. The fraction of sp³-hybridized carbons (Fsp3) is 0.474. The minimum Gasteiger partial charge on any atom is -0.480 e. The van der Waals surface area contributed by atoms with Crippen LogP contribution in [-0.4, -0.2) is 34.5 Å². The Balaban J connectivity index is 1.65. The van der Waals surface area contributed by atoms with Crippen molar-refractivity contribution in [3.63, 3.8) is 0 Å². The molecule has 0 radical (unpaired) electrons.